The number of nitrogens with zero attached hydrogens (tertiary/aromatic N) is 1. The highest BCUT2D eigenvalue weighted by molar-refractivity contribution is 7.12. The van der Waals surface area contributed by atoms with Crippen LogP contribution in [0.1, 0.15) is 36.0 Å². The summed E-state index contributed by atoms with van der Waals surface area (Å²) in [5.74, 6) is -0.750. The highest BCUT2D eigenvalue weighted by atomic mass is 32.1. The maximum absolute atomic E-state index is 12.5. The topological polar surface area (TPSA) is 54.5 Å². The Bertz CT molecular complexity index is 924. The molecule has 2 aromatic carbocycles. The average Bonchev–Trinajstić information content (AvgIpc) is 3.23. The van der Waals surface area contributed by atoms with E-state index in [1.54, 1.807) is 54.6 Å². The van der Waals surface area contributed by atoms with Crippen LogP contribution in [0.2, 0.25) is 0 Å². The molecule has 2 heterocycles. The van der Waals surface area contributed by atoms with Crippen molar-refractivity contribution in [3.8, 4) is 0 Å². The molecule has 0 bridgehead atoms. The minimum atomic E-state index is -0.340. The van der Waals surface area contributed by atoms with Crippen molar-refractivity contribution in [2.75, 3.05) is 4.90 Å². The van der Waals surface area contributed by atoms with Crippen molar-refractivity contribution in [3.63, 3.8) is 0 Å². The van der Waals surface area contributed by atoms with Crippen molar-refractivity contribution in [3.05, 3.63) is 87.6 Å². The molecule has 2 amide bonds. The van der Waals surface area contributed by atoms with Crippen LogP contribution in [-0.4, -0.2) is 17.6 Å². The predicted octanol–water partition coefficient (Wildman–Crippen LogP) is 3.78. The van der Waals surface area contributed by atoms with Crippen LogP contribution < -0.4 is 4.90 Å². The highest BCUT2D eigenvalue weighted by Crippen LogP contribution is 2.28. The molecule has 3 aromatic rings. The molecule has 1 aromatic heterocycles. The maximum atomic E-state index is 12.5. The van der Waals surface area contributed by atoms with E-state index in [0.29, 0.717) is 27.3 Å². The van der Waals surface area contributed by atoms with E-state index in [1.165, 1.54) is 11.3 Å². The van der Waals surface area contributed by atoms with Crippen molar-refractivity contribution in [1.82, 2.24) is 0 Å². The van der Waals surface area contributed by atoms with Gasteiger partial charge in [0.15, 0.2) is 0 Å². The van der Waals surface area contributed by atoms with Gasteiger partial charge in [0.25, 0.3) is 11.8 Å². The molecule has 0 fully saturated rings. The van der Waals surface area contributed by atoms with Gasteiger partial charge in [-0.25, -0.2) is 4.90 Å². The normalized spacial score (nSPS) is 13.2. The summed E-state index contributed by atoms with van der Waals surface area (Å²) in [7, 11) is 0. The van der Waals surface area contributed by atoms with Gasteiger partial charge in [0, 0.05) is 5.56 Å². The Balaban J connectivity index is 1.66. The van der Waals surface area contributed by atoms with Crippen LogP contribution in [0.3, 0.4) is 0 Å². The molecule has 0 radical (unpaired) electrons. The Labute approximate surface area is 142 Å². The lowest BCUT2D eigenvalue weighted by Crippen LogP contribution is -2.29. The van der Waals surface area contributed by atoms with E-state index in [2.05, 4.69) is 0 Å². The Morgan fingerprint density at radius 1 is 0.792 bits per heavy atom. The van der Waals surface area contributed by atoms with E-state index >= 15 is 0 Å². The van der Waals surface area contributed by atoms with Crippen molar-refractivity contribution >= 4 is 34.6 Å². The number of imide groups is 1. The van der Waals surface area contributed by atoms with Crippen LogP contribution >= 0.6 is 11.3 Å². The van der Waals surface area contributed by atoms with Gasteiger partial charge in [0.1, 0.15) is 0 Å². The van der Waals surface area contributed by atoms with Crippen LogP contribution in [-0.2, 0) is 0 Å². The number of ketones is 1. The molecular formula is C19H11NO3S. The zero-order valence-corrected chi connectivity index (χ0v) is 13.2. The highest BCUT2D eigenvalue weighted by Gasteiger charge is 2.36. The third-order valence-corrected chi connectivity index (χ3v) is 4.80. The van der Waals surface area contributed by atoms with E-state index in [-0.39, 0.29) is 17.6 Å². The third kappa shape index (κ3) is 2.18. The van der Waals surface area contributed by atoms with Crippen molar-refractivity contribution in [2.24, 2.45) is 0 Å². The van der Waals surface area contributed by atoms with Gasteiger partial charge in [-0.15, -0.1) is 11.3 Å². The van der Waals surface area contributed by atoms with E-state index < -0.39 is 0 Å². The number of amides is 2. The standard InChI is InChI=1S/C19H11NO3S/c21-17(16-6-3-11-24-16)12-7-9-13(10-8-12)20-18(22)14-4-1-2-5-15(14)19(20)23/h1-11H. The molecule has 0 unspecified atom stereocenters. The fourth-order valence-electron chi connectivity index (χ4n) is 2.74. The van der Waals surface area contributed by atoms with Gasteiger partial charge in [0.2, 0.25) is 5.78 Å². The second kappa shape index (κ2) is 5.54. The fourth-order valence-corrected chi connectivity index (χ4v) is 3.42. The zero-order chi connectivity index (χ0) is 16.7. The van der Waals surface area contributed by atoms with Crippen molar-refractivity contribution in [1.29, 1.82) is 0 Å². The Kier molecular flexibility index (Phi) is 3.36. The van der Waals surface area contributed by atoms with Gasteiger partial charge < -0.3 is 0 Å². The Morgan fingerprint density at radius 3 is 1.96 bits per heavy atom. The molecule has 0 N–H and O–H groups in total. The molecular weight excluding hydrogens is 322 g/mol. The first-order valence-corrected chi connectivity index (χ1v) is 8.21. The summed E-state index contributed by atoms with van der Waals surface area (Å²) in [6.07, 6.45) is 0. The number of anilines is 1. The molecule has 0 saturated heterocycles. The lowest BCUT2D eigenvalue weighted by molar-refractivity contribution is 0.0925. The second-order valence-electron chi connectivity index (χ2n) is 5.34. The third-order valence-electron chi connectivity index (χ3n) is 3.93. The SMILES string of the molecule is O=C(c1ccc(N2C(=O)c3ccccc3C2=O)cc1)c1cccs1. The predicted molar refractivity (Wildman–Crippen MR) is 91.8 cm³/mol. The zero-order valence-electron chi connectivity index (χ0n) is 12.4. The van der Waals surface area contributed by atoms with Gasteiger partial charge in [0.05, 0.1) is 21.7 Å². The maximum Gasteiger partial charge on any atom is 0.266 e. The van der Waals surface area contributed by atoms with E-state index in [0.717, 1.165) is 4.90 Å². The van der Waals surface area contributed by atoms with Gasteiger partial charge in [-0.2, -0.15) is 0 Å². The Hall–Kier alpha value is -3.05. The van der Waals surface area contributed by atoms with Crippen molar-refractivity contribution < 1.29 is 14.4 Å². The van der Waals surface area contributed by atoms with Crippen molar-refractivity contribution in [2.45, 2.75) is 0 Å². The van der Waals surface area contributed by atoms with Gasteiger partial charge in [-0.1, -0.05) is 18.2 Å². The first-order valence-electron chi connectivity index (χ1n) is 7.33. The fraction of sp³-hybridized carbons (Fsp3) is 0. The molecule has 1 aliphatic heterocycles. The quantitative estimate of drug-likeness (QED) is 0.541. The van der Waals surface area contributed by atoms with Crippen LogP contribution in [0.4, 0.5) is 5.69 Å². The summed E-state index contributed by atoms with van der Waals surface area (Å²) in [6, 6.07) is 16.9. The number of hydrogen-bond acceptors (Lipinski definition) is 4. The number of carbonyl (C=O) groups excluding carboxylic acids is 3. The van der Waals surface area contributed by atoms with Crippen LogP contribution in [0.25, 0.3) is 0 Å². The lowest BCUT2D eigenvalue weighted by atomic mass is 10.1. The number of fused-ring (bicyclic) bond motifs is 1. The summed E-state index contributed by atoms with van der Waals surface area (Å²) in [5, 5.41) is 1.85. The second-order valence-corrected chi connectivity index (χ2v) is 6.29. The van der Waals surface area contributed by atoms with Gasteiger partial charge in [-0.05, 0) is 47.8 Å². The average molecular weight is 333 g/mol. The van der Waals surface area contributed by atoms with Crippen LogP contribution in [0.5, 0.6) is 0 Å². The molecule has 0 aliphatic carbocycles. The van der Waals surface area contributed by atoms with Gasteiger partial charge in [-0.3, -0.25) is 14.4 Å². The number of hydrogen-bond donors (Lipinski definition) is 0. The monoisotopic (exact) mass is 333 g/mol. The molecule has 1 aliphatic rings. The number of thiophene rings is 1. The molecule has 0 atom stereocenters. The minimum absolute atomic E-state index is 0.0705. The molecule has 0 saturated carbocycles. The van der Waals surface area contributed by atoms with Crippen LogP contribution in [0.15, 0.2) is 66.0 Å². The summed E-state index contributed by atoms with van der Waals surface area (Å²) >= 11 is 1.38. The summed E-state index contributed by atoms with van der Waals surface area (Å²) in [6.45, 7) is 0. The number of carbonyl (C=O) groups is 3. The minimum Gasteiger partial charge on any atom is -0.288 e. The Morgan fingerprint density at radius 2 is 1.42 bits per heavy atom. The first kappa shape index (κ1) is 14.5. The van der Waals surface area contributed by atoms with E-state index in [1.807, 2.05) is 11.4 Å². The molecule has 0 spiro atoms. The first-order chi connectivity index (χ1) is 11.7. The summed E-state index contributed by atoms with van der Waals surface area (Å²) in [5.41, 5.74) is 1.80. The van der Waals surface area contributed by atoms with E-state index in [4.69, 9.17) is 0 Å². The van der Waals surface area contributed by atoms with Crippen LogP contribution in [0, 0.1) is 0 Å². The molecule has 5 heteroatoms. The molecule has 4 rings (SSSR count). The number of rotatable bonds is 3. The summed E-state index contributed by atoms with van der Waals surface area (Å²) in [4.78, 5) is 39.0. The molecule has 4 nitrogen and oxygen atoms in total. The summed E-state index contributed by atoms with van der Waals surface area (Å²) < 4.78 is 0. The lowest BCUT2D eigenvalue weighted by Gasteiger charge is -2.14. The molecule has 24 heavy (non-hydrogen) atoms. The largest absolute Gasteiger partial charge is 0.288 e. The molecule has 116 valence electrons. The smallest absolute Gasteiger partial charge is 0.266 e. The number of benzene rings is 2. The van der Waals surface area contributed by atoms with Gasteiger partial charge >= 0.3 is 0 Å². The van der Waals surface area contributed by atoms with E-state index in [9.17, 15) is 14.4 Å².